The summed E-state index contributed by atoms with van der Waals surface area (Å²) in [7, 11) is 0. The standard InChI is InChI=1S/C30H30Cl2FNO3/c1-29(2)11-21-26(23(35)13-29)25(27-22(34-21)12-30(3,4)14-24(27)36)17-9-19(31)28(20(32)10-17)37-15-16-6-5-7-18(33)8-16/h5-10,25,34H,11-15H2,1-4H3. The molecule has 0 saturated heterocycles. The molecule has 2 aliphatic carbocycles. The second kappa shape index (κ2) is 9.28. The molecule has 194 valence electrons. The highest BCUT2D eigenvalue weighted by molar-refractivity contribution is 6.37. The van der Waals surface area contributed by atoms with Gasteiger partial charge in [0.15, 0.2) is 17.3 Å². The number of nitrogens with one attached hydrogen (secondary N) is 1. The van der Waals surface area contributed by atoms with Crippen LogP contribution in [0, 0.1) is 16.6 Å². The minimum Gasteiger partial charge on any atom is -0.486 e. The van der Waals surface area contributed by atoms with Gasteiger partial charge >= 0.3 is 0 Å². The molecule has 1 aliphatic heterocycles. The average Bonchev–Trinajstić information content (AvgIpc) is 2.75. The van der Waals surface area contributed by atoms with E-state index in [1.807, 2.05) is 0 Å². The molecular formula is C30H30Cl2FNO3. The molecule has 5 rings (SSSR count). The third-order valence-corrected chi connectivity index (χ3v) is 7.91. The molecule has 0 unspecified atom stereocenters. The Hall–Kier alpha value is -2.63. The minimum absolute atomic E-state index is 0.0339. The Morgan fingerprint density at radius 3 is 1.95 bits per heavy atom. The van der Waals surface area contributed by atoms with Gasteiger partial charge in [0, 0.05) is 41.3 Å². The van der Waals surface area contributed by atoms with Crippen molar-refractivity contribution < 1.29 is 18.7 Å². The molecule has 7 heteroatoms. The summed E-state index contributed by atoms with van der Waals surface area (Å²) in [5, 5.41) is 4.05. The summed E-state index contributed by atoms with van der Waals surface area (Å²) in [6, 6.07) is 9.59. The molecule has 0 atom stereocenters. The highest BCUT2D eigenvalue weighted by Crippen LogP contribution is 2.52. The van der Waals surface area contributed by atoms with Gasteiger partial charge in [-0.1, -0.05) is 63.0 Å². The van der Waals surface area contributed by atoms with Gasteiger partial charge in [-0.25, -0.2) is 4.39 Å². The number of halogens is 3. The number of dihydropyridines is 1. The SMILES string of the molecule is CC1(C)CC(=O)C2=C(C1)NC1=C(C(=O)CC(C)(C)C1)C2c1cc(Cl)c(OCc2cccc(F)c2)c(Cl)c1. The lowest BCUT2D eigenvalue weighted by Crippen LogP contribution is -2.42. The second-order valence-electron chi connectivity index (χ2n) is 12.0. The van der Waals surface area contributed by atoms with Crippen LogP contribution >= 0.6 is 23.2 Å². The first-order valence-corrected chi connectivity index (χ1v) is 13.2. The van der Waals surface area contributed by atoms with E-state index >= 15 is 0 Å². The number of Topliss-reactive ketones (excluding diaryl/α,β-unsaturated/α-hetero) is 2. The van der Waals surface area contributed by atoms with Gasteiger partial charge in [0.25, 0.3) is 0 Å². The van der Waals surface area contributed by atoms with Crippen molar-refractivity contribution in [3.63, 3.8) is 0 Å². The van der Waals surface area contributed by atoms with Crippen molar-refractivity contribution in [1.29, 1.82) is 0 Å². The number of allylic oxidation sites excluding steroid dienone is 4. The van der Waals surface area contributed by atoms with Gasteiger partial charge in [-0.15, -0.1) is 0 Å². The predicted molar refractivity (Wildman–Crippen MR) is 143 cm³/mol. The molecule has 4 nitrogen and oxygen atoms in total. The third-order valence-electron chi connectivity index (χ3n) is 7.35. The molecule has 37 heavy (non-hydrogen) atoms. The second-order valence-corrected chi connectivity index (χ2v) is 12.8. The lowest BCUT2D eigenvalue weighted by Gasteiger charge is -2.44. The van der Waals surface area contributed by atoms with Gasteiger partial charge in [-0.3, -0.25) is 9.59 Å². The van der Waals surface area contributed by atoms with Crippen LogP contribution in [0.15, 0.2) is 58.9 Å². The number of hydrogen-bond acceptors (Lipinski definition) is 4. The van der Waals surface area contributed by atoms with E-state index in [1.54, 1.807) is 24.3 Å². The number of hydrogen-bond donors (Lipinski definition) is 1. The van der Waals surface area contributed by atoms with Crippen LogP contribution in [0.4, 0.5) is 4.39 Å². The molecule has 0 saturated carbocycles. The summed E-state index contributed by atoms with van der Waals surface area (Å²) >= 11 is 13.3. The highest BCUT2D eigenvalue weighted by Gasteiger charge is 2.46. The van der Waals surface area contributed by atoms with E-state index in [0.29, 0.717) is 48.0 Å². The molecule has 1 N–H and O–H groups in total. The van der Waals surface area contributed by atoms with Crippen molar-refractivity contribution in [3.05, 3.63) is 85.9 Å². The molecule has 2 aromatic rings. The molecule has 0 radical (unpaired) electrons. The molecule has 3 aliphatic rings. The van der Waals surface area contributed by atoms with Crippen LogP contribution in [0.5, 0.6) is 5.75 Å². The number of ketones is 2. The summed E-state index contributed by atoms with van der Waals surface area (Å²) in [4.78, 5) is 27.0. The van der Waals surface area contributed by atoms with Gasteiger partial charge in [-0.05, 0) is 59.1 Å². The van der Waals surface area contributed by atoms with E-state index < -0.39 is 5.92 Å². The van der Waals surface area contributed by atoms with Crippen molar-refractivity contribution in [1.82, 2.24) is 5.32 Å². The summed E-state index contributed by atoms with van der Waals surface area (Å²) in [5.41, 5.74) is 4.01. The van der Waals surface area contributed by atoms with E-state index in [-0.39, 0.29) is 50.6 Å². The van der Waals surface area contributed by atoms with Crippen molar-refractivity contribution >= 4 is 34.8 Å². The van der Waals surface area contributed by atoms with Gasteiger partial charge in [0.05, 0.1) is 10.0 Å². The number of ether oxygens (including phenoxy) is 1. The molecular weight excluding hydrogens is 512 g/mol. The Balaban J connectivity index is 1.57. The van der Waals surface area contributed by atoms with Crippen LogP contribution in [0.3, 0.4) is 0 Å². The fourth-order valence-corrected chi connectivity index (χ4v) is 6.50. The predicted octanol–water partition coefficient (Wildman–Crippen LogP) is 7.68. The lowest BCUT2D eigenvalue weighted by atomic mass is 9.64. The van der Waals surface area contributed by atoms with Crippen molar-refractivity contribution in [2.24, 2.45) is 10.8 Å². The summed E-state index contributed by atoms with van der Waals surface area (Å²) in [6.07, 6.45) is 2.24. The number of benzene rings is 2. The quantitative estimate of drug-likeness (QED) is 0.431. The maximum atomic E-state index is 13.6. The van der Waals surface area contributed by atoms with Gasteiger partial charge < -0.3 is 10.1 Å². The molecule has 0 amide bonds. The Morgan fingerprint density at radius 2 is 1.43 bits per heavy atom. The smallest absolute Gasteiger partial charge is 0.162 e. The van der Waals surface area contributed by atoms with Crippen LogP contribution in [0.25, 0.3) is 0 Å². The van der Waals surface area contributed by atoms with Crippen molar-refractivity contribution in [2.75, 3.05) is 0 Å². The van der Waals surface area contributed by atoms with Crippen LogP contribution in [-0.2, 0) is 16.2 Å². The Kier molecular flexibility index (Phi) is 6.52. The fraction of sp³-hybridized carbons (Fsp3) is 0.400. The maximum absolute atomic E-state index is 13.6. The first-order chi connectivity index (χ1) is 17.3. The average molecular weight is 542 g/mol. The van der Waals surface area contributed by atoms with Crippen molar-refractivity contribution in [2.45, 2.75) is 65.9 Å². The normalized spacial score (nSPS) is 20.9. The number of carbonyl (C=O) groups excluding carboxylic acids is 2. The summed E-state index contributed by atoms with van der Waals surface area (Å²) in [6.45, 7) is 8.44. The first-order valence-electron chi connectivity index (χ1n) is 12.5. The molecule has 2 aromatic carbocycles. The van der Waals surface area contributed by atoms with Crippen LogP contribution in [0.1, 0.15) is 70.4 Å². The monoisotopic (exact) mass is 541 g/mol. The zero-order valence-corrected chi connectivity index (χ0v) is 22.9. The number of rotatable bonds is 4. The van der Waals surface area contributed by atoms with Gasteiger partial charge in [-0.2, -0.15) is 0 Å². The lowest BCUT2D eigenvalue weighted by molar-refractivity contribution is -0.119. The highest BCUT2D eigenvalue weighted by atomic mass is 35.5. The van der Waals surface area contributed by atoms with E-state index in [4.69, 9.17) is 27.9 Å². The van der Waals surface area contributed by atoms with E-state index in [9.17, 15) is 14.0 Å². The first kappa shape index (κ1) is 26.0. The van der Waals surface area contributed by atoms with Crippen molar-refractivity contribution in [3.8, 4) is 5.75 Å². The third kappa shape index (κ3) is 5.08. The summed E-state index contributed by atoms with van der Waals surface area (Å²) in [5.74, 6) is -0.543. The maximum Gasteiger partial charge on any atom is 0.162 e. The Morgan fingerprint density at radius 1 is 0.892 bits per heavy atom. The topological polar surface area (TPSA) is 55.4 Å². The van der Waals surface area contributed by atoms with E-state index in [1.165, 1.54) is 12.1 Å². The molecule has 0 aromatic heterocycles. The fourth-order valence-electron chi connectivity index (χ4n) is 5.89. The molecule has 0 bridgehead atoms. The van der Waals surface area contributed by atoms with E-state index in [0.717, 1.165) is 11.4 Å². The van der Waals surface area contributed by atoms with Crippen LogP contribution in [-0.4, -0.2) is 11.6 Å². The van der Waals surface area contributed by atoms with Gasteiger partial charge in [0.1, 0.15) is 12.4 Å². The number of carbonyl (C=O) groups is 2. The molecule has 1 heterocycles. The summed E-state index contributed by atoms with van der Waals surface area (Å²) < 4.78 is 19.4. The molecule has 0 fully saturated rings. The Labute approximate surface area is 226 Å². The van der Waals surface area contributed by atoms with Crippen LogP contribution < -0.4 is 10.1 Å². The minimum atomic E-state index is -0.536. The van der Waals surface area contributed by atoms with Gasteiger partial charge in [0.2, 0.25) is 0 Å². The molecule has 0 spiro atoms. The Bertz CT molecular complexity index is 1310. The largest absolute Gasteiger partial charge is 0.486 e. The van der Waals surface area contributed by atoms with Crippen LogP contribution in [0.2, 0.25) is 10.0 Å². The van der Waals surface area contributed by atoms with E-state index in [2.05, 4.69) is 33.0 Å². The zero-order chi connectivity index (χ0) is 26.7. The zero-order valence-electron chi connectivity index (χ0n) is 21.4.